The summed E-state index contributed by atoms with van der Waals surface area (Å²) in [6.07, 6.45) is 6.44. The number of ether oxygens (including phenoxy) is 2. The summed E-state index contributed by atoms with van der Waals surface area (Å²) in [5.74, 6) is 0.460. The number of benzene rings is 1. The Morgan fingerprint density at radius 3 is 2.52 bits per heavy atom. The summed E-state index contributed by atoms with van der Waals surface area (Å²) in [5.41, 5.74) is 0.475. The van der Waals surface area contributed by atoms with Gasteiger partial charge in [0.25, 0.3) is 0 Å². The molecule has 0 radical (unpaired) electrons. The van der Waals surface area contributed by atoms with E-state index in [4.69, 9.17) is 9.47 Å². The van der Waals surface area contributed by atoms with E-state index >= 15 is 0 Å². The first-order valence-corrected chi connectivity index (χ1v) is 9.14. The van der Waals surface area contributed by atoms with Crippen LogP contribution in [0.1, 0.15) is 64.9 Å². The van der Waals surface area contributed by atoms with Gasteiger partial charge in [-0.05, 0) is 50.5 Å². The molecule has 1 aromatic rings. The van der Waals surface area contributed by atoms with Crippen LogP contribution < -0.4 is 0 Å². The molecule has 1 saturated heterocycles. The van der Waals surface area contributed by atoms with Gasteiger partial charge < -0.3 is 9.47 Å². The highest BCUT2D eigenvalue weighted by molar-refractivity contribution is 5.16. The Balaban J connectivity index is 1.75. The van der Waals surface area contributed by atoms with E-state index < -0.39 is 0 Å². The van der Waals surface area contributed by atoms with Crippen LogP contribution >= 0.6 is 0 Å². The first-order chi connectivity index (χ1) is 11.1. The minimum absolute atomic E-state index is 0.0200. The van der Waals surface area contributed by atoms with Crippen molar-refractivity contribution in [1.82, 2.24) is 0 Å². The van der Waals surface area contributed by atoms with Gasteiger partial charge in [-0.15, -0.1) is 0 Å². The van der Waals surface area contributed by atoms with Crippen LogP contribution in [0.15, 0.2) is 24.3 Å². The van der Waals surface area contributed by atoms with Crippen molar-refractivity contribution >= 4 is 0 Å². The topological polar surface area (TPSA) is 18.5 Å². The Morgan fingerprint density at radius 2 is 1.87 bits per heavy atom. The van der Waals surface area contributed by atoms with Crippen molar-refractivity contribution in [3.05, 3.63) is 35.6 Å². The monoisotopic (exact) mass is 320 g/mol. The molecule has 1 aliphatic carbocycles. The minimum atomic E-state index is -0.185. The largest absolute Gasteiger partial charge is 0.370 e. The van der Waals surface area contributed by atoms with Crippen LogP contribution in [0.2, 0.25) is 0 Å². The Labute approximate surface area is 139 Å². The van der Waals surface area contributed by atoms with Gasteiger partial charge in [-0.2, -0.15) is 0 Å². The molecular weight excluding hydrogens is 291 g/mol. The highest BCUT2D eigenvalue weighted by atomic mass is 19.1. The number of hydrogen-bond acceptors (Lipinski definition) is 2. The molecule has 23 heavy (non-hydrogen) atoms. The quantitative estimate of drug-likeness (QED) is 0.713. The molecule has 2 nitrogen and oxygen atoms in total. The molecule has 1 aliphatic heterocycles. The predicted molar refractivity (Wildman–Crippen MR) is 89.7 cm³/mol. The van der Waals surface area contributed by atoms with Crippen molar-refractivity contribution in [2.24, 2.45) is 5.92 Å². The van der Waals surface area contributed by atoms with Crippen molar-refractivity contribution in [3.63, 3.8) is 0 Å². The predicted octanol–water partition coefficient (Wildman–Crippen LogP) is 5.25. The standard InChI is InChI=1S/C20H29FO2/c1-4-19(5-2)16-11-12-18(20(6-3,13-16)23-19)22-14-15-9-7-8-10-17(15)21/h7-10,16,18H,4-6,11-14H2,1-3H3. The molecule has 1 heterocycles. The van der Waals surface area contributed by atoms with Gasteiger partial charge in [0, 0.05) is 5.56 Å². The molecule has 0 amide bonds. The molecule has 1 aromatic carbocycles. The van der Waals surface area contributed by atoms with Crippen LogP contribution in [0.4, 0.5) is 4.39 Å². The number of hydrogen-bond donors (Lipinski definition) is 0. The van der Waals surface area contributed by atoms with Crippen LogP contribution in [0.25, 0.3) is 0 Å². The number of halogens is 1. The van der Waals surface area contributed by atoms with Crippen molar-refractivity contribution < 1.29 is 13.9 Å². The fourth-order valence-electron chi connectivity index (χ4n) is 4.77. The lowest BCUT2D eigenvalue weighted by atomic mass is 9.71. The van der Waals surface area contributed by atoms with E-state index in [9.17, 15) is 4.39 Å². The van der Waals surface area contributed by atoms with E-state index in [-0.39, 0.29) is 23.1 Å². The van der Waals surface area contributed by atoms with Gasteiger partial charge in [0.15, 0.2) is 0 Å². The zero-order valence-electron chi connectivity index (χ0n) is 14.6. The Bertz CT molecular complexity index is 540. The normalized spacial score (nSPS) is 32.2. The third-order valence-electron chi connectivity index (χ3n) is 6.30. The summed E-state index contributed by atoms with van der Waals surface area (Å²) in [5, 5.41) is 0. The second-order valence-electron chi connectivity index (χ2n) is 7.16. The maximum atomic E-state index is 13.8. The van der Waals surface area contributed by atoms with Crippen LogP contribution in [-0.2, 0) is 16.1 Å². The second-order valence-corrected chi connectivity index (χ2v) is 7.16. The number of rotatable bonds is 6. The summed E-state index contributed by atoms with van der Waals surface area (Å²) in [7, 11) is 0. The summed E-state index contributed by atoms with van der Waals surface area (Å²) < 4.78 is 26.7. The van der Waals surface area contributed by atoms with Gasteiger partial charge >= 0.3 is 0 Å². The Morgan fingerprint density at radius 1 is 1.13 bits per heavy atom. The van der Waals surface area contributed by atoms with Gasteiger partial charge in [-0.3, -0.25) is 0 Å². The maximum Gasteiger partial charge on any atom is 0.128 e. The summed E-state index contributed by atoms with van der Waals surface area (Å²) in [6, 6.07) is 6.88. The Kier molecular flexibility index (Phi) is 4.80. The fraction of sp³-hybridized carbons (Fsp3) is 0.700. The van der Waals surface area contributed by atoms with E-state index in [1.165, 1.54) is 6.07 Å². The molecule has 3 atom stereocenters. The second kappa shape index (κ2) is 6.52. The lowest BCUT2D eigenvalue weighted by molar-refractivity contribution is -0.175. The molecule has 0 aromatic heterocycles. The summed E-state index contributed by atoms with van der Waals surface area (Å²) in [6.45, 7) is 7.01. The van der Waals surface area contributed by atoms with Gasteiger partial charge in [0.05, 0.1) is 23.9 Å². The van der Waals surface area contributed by atoms with Crippen LogP contribution in [0.5, 0.6) is 0 Å². The average Bonchev–Trinajstić information content (AvgIpc) is 2.86. The van der Waals surface area contributed by atoms with E-state index in [2.05, 4.69) is 20.8 Å². The fourth-order valence-corrected chi connectivity index (χ4v) is 4.77. The molecule has 2 bridgehead atoms. The average molecular weight is 320 g/mol. The third kappa shape index (κ3) is 2.83. The molecule has 3 heteroatoms. The molecule has 128 valence electrons. The molecule has 0 spiro atoms. The summed E-state index contributed by atoms with van der Waals surface area (Å²) in [4.78, 5) is 0. The van der Waals surface area contributed by atoms with Crippen molar-refractivity contribution in [3.8, 4) is 0 Å². The van der Waals surface area contributed by atoms with Gasteiger partial charge in [-0.1, -0.05) is 39.0 Å². The van der Waals surface area contributed by atoms with E-state index in [0.29, 0.717) is 18.1 Å². The smallest absolute Gasteiger partial charge is 0.128 e. The highest BCUT2D eigenvalue weighted by Crippen LogP contribution is 2.55. The maximum absolute atomic E-state index is 13.8. The third-order valence-corrected chi connectivity index (χ3v) is 6.30. The van der Waals surface area contributed by atoms with Crippen LogP contribution in [0, 0.1) is 11.7 Å². The molecule has 2 aliphatic rings. The lowest BCUT2D eigenvalue weighted by Gasteiger charge is -2.39. The SMILES string of the molecule is CCC1(CC)OC2(CC)CC1CCC2OCc1ccccc1F. The van der Waals surface area contributed by atoms with E-state index in [0.717, 1.165) is 38.5 Å². The van der Waals surface area contributed by atoms with Crippen molar-refractivity contribution in [1.29, 1.82) is 0 Å². The molecule has 3 rings (SSSR count). The molecule has 3 unspecified atom stereocenters. The Hall–Kier alpha value is -0.930. The molecule has 2 fully saturated rings. The zero-order valence-corrected chi connectivity index (χ0v) is 14.6. The van der Waals surface area contributed by atoms with Crippen LogP contribution in [-0.4, -0.2) is 17.3 Å². The van der Waals surface area contributed by atoms with Gasteiger partial charge in [0.2, 0.25) is 0 Å². The first kappa shape index (κ1) is 16.9. The van der Waals surface area contributed by atoms with Gasteiger partial charge in [0.1, 0.15) is 5.82 Å². The van der Waals surface area contributed by atoms with Gasteiger partial charge in [-0.25, -0.2) is 4.39 Å². The number of fused-ring (bicyclic) bond motifs is 2. The first-order valence-electron chi connectivity index (χ1n) is 9.14. The highest BCUT2D eigenvalue weighted by Gasteiger charge is 2.59. The van der Waals surface area contributed by atoms with Crippen LogP contribution in [0.3, 0.4) is 0 Å². The van der Waals surface area contributed by atoms with E-state index in [1.807, 2.05) is 6.07 Å². The molecule has 0 N–H and O–H groups in total. The van der Waals surface area contributed by atoms with Crippen molar-refractivity contribution in [2.75, 3.05) is 0 Å². The molecular formula is C20H29FO2. The minimum Gasteiger partial charge on any atom is -0.370 e. The van der Waals surface area contributed by atoms with E-state index in [1.54, 1.807) is 12.1 Å². The lowest BCUT2D eigenvalue weighted by Crippen LogP contribution is -2.45. The molecule has 1 saturated carbocycles. The summed E-state index contributed by atoms with van der Waals surface area (Å²) >= 11 is 0. The zero-order chi connectivity index (χ0) is 16.5. The van der Waals surface area contributed by atoms with Crippen molar-refractivity contribution in [2.45, 2.75) is 83.2 Å².